The van der Waals surface area contributed by atoms with Crippen molar-refractivity contribution < 1.29 is 9.15 Å². The molecule has 0 unspecified atom stereocenters. The minimum absolute atomic E-state index is 0.568. The smallest absolute Gasteiger partial charge is 0.212 e. The quantitative estimate of drug-likeness (QED) is 0.326. The molecular weight excluding hydrogens is 370 g/mol. The number of furan rings is 1. The van der Waals surface area contributed by atoms with Gasteiger partial charge in [-0.3, -0.25) is 9.41 Å². The number of aliphatic imine (C=N–C) groups is 1. The van der Waals surface area contributed by atoms with Gasteiger partial charge in [-0.25, -0.2) is 4.98 Å². The second-order valence-corrected chi connectivity index (χ2v) is 6.51. The second kappa shape index (κ2) is 9.89. The number of halogens is 1. The summed E-state index contributed by atoms with van der Waals surface area (Å²) in [7, 11) is 1.58. The molecule has 0 saturated carbocycles. The third-order valence-electron chi connectivity index (χ3n) is 3.30. The fraction of sp³-hybridized carbons (Fsp3) is 0.158. The molecule has 2 rings (SSSR count). The molecule has 2 aromatic rings. The average Bonchev–Trinajstić information content (AvgIpc) is 3.10. The van der Waals surface area contributed by atoms with E-state index < -0.39 is 0 Å². The molecule has 0 aliphatic heterocycles. The van der Waals surface area contributed by atoms with Gasteiger partial charge in [-0.05, 0) is 32.7 Å². The third kappa shape index (κ3) is 5.28. The fourth-order valence-electron chi connectivity index (χ4n) is 2.03. The van der Waals surface area contributed by atoms with Crippen molar-refractivity contribution in [1.82, 2.24) is 9.40 Å². The monoisotopic (exact) mass is 389 g/mol. The molecular formula is C19H20ClN3O2S. The molecule has 0 aromatic carbocycles. The van der Waals surface area contributed by atoms with E-state index in [0.29, 0.717) is 22.4 Å². The maximum absolute atomic E-state index is 6.39. The van der Waals surface area contributed by atoms with Crippen molar-refractivity contribution in [2.24, 2.45) is 4.99 Å². The molecule has 0 N–H and O–H groups in total. The van der Waals surface area contributed by atoms with Crippen LogP contribution in [0.4, 0.5) is 0 Å². The fourth-order valence-corrected chi connectivity index (χ4v) is 3.07. The summed E-state index contributed by atoms with van der Waals surface area (Å²) in [5, 5.41) is 0.712. The molecule has 136 valence electrons. The number of nitrogens with zero attached hydrogens (tertiary/aromatic N) is 3. The summed E-state index contributed by atoms with van der Waals surface area (Å²) in [4.78, 5) is 9.13. The van der Waals surface area contributed by atoms with Crippen molar-refractivity contribution in [2.75, 3.05) is 7.11 Å². The largest absolute Gasteiger partial charge is 0.481 e. The molecule has 0 fully saturated rings. The number of allylic oxidation sites excluding steroid dienone is 4. The number of ether oxygens (including phenoxy) is 1. The summed E-state index contributed by atoms with van der Waals surface area (Å²) in [5.41, 5.74) is 2.19. The maximum atomic E-state index is 6.39. The van der Waals surface area contributed by atoms with Crippen LogP contribution in [0.2, 0.25) is 0 Å². The number of aromatic nitrogens is 1. The topological polar surface area (TPSA) is 50.9 Å². The number of rotatable bonds is 8. The van der Waals surface area contributed by atoms with E-state index in [0.717, 1.165) is 10.5 Å². The van der Waals surface area contributed by atoms with Crippen LogP contribution >= 0.6 is 23.5 Å². The Bertz CT molecular complexity index is 826. The first-order chi connectivity index (χ1) is 12.6. The highest BCUT2D eigenvalue weighted by Gasteiger charge is 2.15. The Hall–Kier alpha value is -2.44. The van der Waals surface area contributed by atoms with Gasteiger partial charge in [0.2, 0.25) is 5.88 Å². The zero-order chi connectivity index (χ0) is 18.9. The van der Waals surface area contributed by atoms with E-state index in [2.05, 4.69) is 16.7 Å². The molecule has 0 saturated heterocycles. The van der Waals surface area contributed by atoms with E-state index in [4.69, 9.17) is 20.9 Å². The Kier molecular flexibility index (Phi) is 7.56. The van der Waals surface area contributed by atoms with E-state index >= 15 is 0 Å². The molecule has 0 bridgehead atoms. The van der Waals surface area contributed by atoms with Gasteiger partial charge in [0.05, 0.1) is 18.5 Å². The van der Waals surface area contributed by atoms with Crippen LogP contribution in [0, 0.1) is 0 Å². The van der Waals surface area contributed by atoms with Crippen LogP contribution in [-0.4, -0.2) is 23.2 Å². The number of hydrogen-bond donors (Lipinski definition) is 0. The minimum Gasteiger partial charge on any atom is -0.481 e. The van der Waals surface area contributed by atoms with Crippen LogP contribution in [0.3, 0.4) is 0 Å². The molecule has 7 heteroatoms. The lowest BCUT2D eigenvalue weighted by molar-refractivity contribution is 0.397. The summed E-state index contributed by atoms with van der Waals surface area (Å²) >= 11 is 7.84. The van der Waals surface area contributed by atoms with Crippen molar-refractivity contribution in [1.29, 1.82) is 0 Å². The Balaban J connectivity index is 2.24. The Morgan fingerprint density at radius 1 is 1.42 bits per heavy atom. The number of methoxy groups -OCH3 is 1. The van der Waals surface area contributed by atoms with E-state index in [1.807, 2.05) is 44.2 Å². The first kappa shape index (κ1) is 19.9. The van der Waals surface area contributed by atoms with Crippen LogP contribution in [0.5, 0.6) is 5.88 Å². The van der Waals surface area contributed by atoms with Crippen molar-refractivity contribution in [3.8, 4) is 5.88 Å². The molecule has 0 aliphatic rings. The van der Waals surface area contributed by atoms with Crippen molar-refractivity contribution >= 4 is 36.0 Å². The lowest BCUT2D eigenvalue weighted by Gasteiger charge is -2.15. The van der Waals surface area contributed by atoms with Gasteiger partial charge >= 0.3 is 0 Å². The van der Waals surface area contributed by atoms with Crippen molar-refractivity contribution in [2.45, 2.75) is 23.8 Å². The van der Waals surface area contributed by atoms with Crippen LogP contribution in [0.15, 0.2) is 80.2 Å². The first-order valence-corrected chi connectivity index (χ1v) is 8.93. The molecule has 2 aromatic heterocycles. The number of pyridine rings is 1. The van der Waals surface area contributed by atoms with Gasteiger partial charge in [-0.2, -0.15) is 0 Å². The van der Waals surface area contributed by atoms with Crippen LogP contribution < -0.4 is 4.74 Å². The number of hydrogen-bond acceptors (Lipinski definition) is 6. The maximum Gasteiger partial charge on any atom is 0.212 e. The molecule has 5 nitrogen and oxygen atoms in total. The predicted octanol–water partition coefficient (Wildman–Crippen LogP) is 5.77. The van der Waals surface area contributed by atoms with Gasteiger partial charge in [0.15, 0.2) is 5.09 Å². The molecule has 2 heterocycles. The van der Waals surface area contributed by atoms with Gasteiger partial charge in [0.1, 0.15) is 6.26 Å². The van der Waals surface area contributed by atoms with Gasteiger partial charge in [-0.1, -0.05) is 23.9 Å². The molecule has 0 atom stereocenters. The first-order valence-electron chi connectivity index (χ1n) is 7.78. The van der Waals surface area contributed by atoms with Gasteiger partial charge < -0.3 is 9.15 Å². The van der Waals surface area contributed by atoms with Crippen LogP contribution in [-0.2, 0) is 0 Å². The van der Waals surface area contributed by atoms with Gasteiger partial charge in [0, 0.05) is 46.8 Å². The van der Waals surface area contributed by atoms with Crippen molar-refractivity contribution in [3.63, 3.8) is 0 Å². The Labute approximate surface area is 162 Å². The lowest BCUT2D eigenvalue weighted by atomic mass is 10.2. The normalized spacial score (nSPS) is 12.5. The Morgan fingerprint density at radius 3 is 2.85 bits per heavy atom. The Morgan fingerprint density at radius 2 is 2.23 bits per heavy atom. The average molecular weight is 390 g/mol. The van der Waals surface area contributed by atoms with Gasteiger partial charge in [0.25, 0.3) is 0 Å². The molecule has 26 heavy (non-hydrogen) atoms. The highest BCUT2D eigenvalue weighted by molar-refractivity contribution is 7.99. The van der Waals surface area contributed by atoms with Crippen LogP contribution in [0.25, 0.3) is 5.70 Å². The summed E-state index contributed by atoms with van der Waals surface area (Å²) in [6.07, 6.45) is 10.7. The summed E-state index contributed by atoms with van der Waals surface area (Å²) in [5.74, 6) is 0.568. The molecule has 0 aliphatic carbocycles. The zero-order valence-electron chi connectivity index (χ0n) is 14.8. The standard InChI is InChI=1S/C19H20ClN3O2S/c1-5-6-7-10-23(20)19(14(2)21-3)15-11-18(25-13-15)26-16-8-9-17(24-4)22-12-16/h5-13H,3H2,1-2,4H3/b6-5-,10-7-,19-14-. The summed E-state index contributed by atoms with van der Waals surface area (Å²) in [6.45, 7) is 7.37. The summed E-state index contributed by atoms with van der Waals surface area (Å²) < 4.78 is 12.2. The molecule has 0 radical (unpaired) electrons. The highest BCUT2D eigenvalue weighted by Crippen LogP contribution is 2.34. The predicted molar refractivity (Wildman–Crippen MR) is 107 cm³/mol. The second-order valence-electron chi connectivity index (χ2n) is 5.06. The lowest BCUT2D eigenvalue weighted by Crippen LogP contribution is -2.03. The SMILES string of the molecule is C=N/C(C)=C(/c1coc(Sc2ccc(OC)nc2)c1)N(Cl)/C=C\C=C/C. The van der Waals surface area contributed by atoms with E-state index in [9.17, 15) is 0 Å². The zero-order valence-corrected chi connectivity index (χ0v) is 16.4. The highest BCUT2D eigenvalue weighted by atomic mass is 35.5. The minimum atomic E-state index is 0.568. The van der Waals surface area contributed by atoms with E-state index in [1.165, 1.54) is 16.2 Å². The van der Waals surface area contributed by atoms with E-state index in [-0.39, 0.29) is 0 Å². The van der Waals surface area contributed by atoms with Crippen molar-refractivity contribution in [3.05, 3.63) is 66.3 Å². The molecule has 0 spiro atoms. The van der Waals surface area contributed by atoms with Crippen LogP contribution in [0.1, 0.15) is 19.4 Å². The van der Waals surface area contributed by atoms with E-state index in [1.54, 1.807) is 31.8 Å². The summed E-state index contributed by atoms with van der Waals surface area (Å²) in [6, 6.07) is 5.62. The van der Waals surface area contributed by atoms with Gasteiger partial charge in [-0.15, -0.1) is 0 Å². The third-order valence-corrected chi connectivity index (χ3v) is 4.47. The molecule has 0 amide bonds.